The minimum Gasteiger partial charge on any atom is -0.469 e. The van der Waals surface area contributed by atoms with Crippen molar-refractivity contribution in [2.75, 3.05) is 19.6 Å². The molecule has 1 aromatic heterocycles. The van der Waals surface area contributed by atoms with Gasteiger partial charge in [0.1, 0.15) is 5.76 Å². The van der Waals surface area contributed by atoms with Crippen LogP contribution in [0.25, 0.3) is 0 Å². The molecule has 0 radical (unpaired) electrons. The summed E-state index contributed by atoms with van der Waals surface area (Å²) in [4.78, 5) is 2.41. The summed E-state index contributed by atoms with van der Waals surface area (Å²) < 4.78 is 5.36. The molecule has 1 aromatic rings. The smallest absolute Gasteiger partial charge is 0.107 e. The van der Waals surface area contributed by atoms with Crippen LogP contribution in [0.15, 0.2) is 22.8 Å². The van der Waals surface area contributed by atoms with Crippen LogP contribution in [0.1, 0.15) is 32.4 Å². The molecule has 13 heavy (non-hydrogen) atoms. The zero-order valence-corrected chi connectivity index (χ0v) is 8.79. The van der Waals surface area contributed by atoms with Crippen molar-refractivity contribution in [1.29, 1.82) is 0 Å². The van der Waals surface area contributed by atoms with Crippen molar-refractivity contribution in [3.63, 3.8) is 0 Å². The van der Waals surface area contributed by atoms with Crippen molar-refractivity contribution in [2.45, 2.75) is 26.7 Å². The Labute approximate surface area is 80.5 Å². The van der Waals surface area contributed by atoms with Crippen molar-refractivity contribution in [1.82, 2.24) is 4.90 Å². The van der Waals surface area contributed by atoms with Gasteiger partial charge in [-0.25, -0.2) is 0 Å². The quantitative estimate of drug-likeness (QED) is 0.694. The molecular weight excluding hydrogens is 162 g/mol. The molecule has 1 unspecified atom stereocenters. The molecule has 0 saturated carbocycles. The highest BCUT2D eigenvalue weighted by Crippen LogP contribution is 2.16. The van der Waals surface area contributed by atoms with Crippen molar-refractivity contribution < 1.29 is 4.42 Å². The second kappa shape index (κ2) is 5.07. The normalized spacial score (nSPS) is 13.5. The number of likely N-dealkylation sites (N-methyl/N-ethyl adjacent to an activating group) is 1. The molecule has 74 valence electrons. The number of nitrogens with zero attached hydrogens (tertiary/aromatic N) is 1. The van der Waals surface area contributed by atoms with Crippen LogP contribution in [0.5, 0.6) is 0 Å². The zero-order valence-electron chi connectivity index (χ0n) is 8.79. The van der Waals surface area contributed by atoms with Crippen LogP contribution < -0.4 is 0 Å². The Morgan fingerprint density at radius 2 is 2.08 bits per heavy atom. The van der Waals surface area contributed by atoms with E-state index < -0.39 is 0 Å². The number of furan rings is 1. The van der Waals surface area contributed by atoms with E-state index in [1.54, 1.807) is 6.26 Å². The fraction of sp³-hybridized carbons (Fsp3) is 0.636. The van der Waals surface area contributed by atoms with Gasteiger partial charge in [-0.2, -0.15) is 0 Å². The van der Waals surface area contributed by atoms with Crippen molar-refractivity contribution >= 4 is 0 Å². The van der Waals surface area contributed by atoms with Gasteiger partial charge in [0.05, 0.1) is 6.26 Å². The van der Waals surface area contributed by atoms with Crippen LogP contribution in [-0.4, -0.2) is 24.5 Å². The van der Waals surface area contributed by atoms with Gasteiger partial charge in [0, 0.05) is 12.5 Å². The first-order valence-corrected chi connectivity index (χ1v) is 5.03. The number of rotatable bonds is 5. The molecule has 1 heterocycles. The van der Waals surface area contributed by atoms with E-state index in [1.807, 2.05) is 12.1 Å². The molecular formula is C11H19NO. The lowest BCUT2D eigenvalue weighted by Crippen LogP contribution is -2.27. The maximum Gasteiger partial charge on any atom is 0.107 e. The van der Waals surface area contributed by atoms with E-state index in [2.05, 4.69) is 25.7 Å². The second-order valence-electron chi connectivity index (χ2n) is 3.40. The lowest BCUT2D eigenvalue weighted by atomic mass is 10.1. The fourth-order valence-electron chi connectivity index (χ4n) is 1.53. The summed E-state index contributed by atoms with van der Waals surface area (Å²) in [6.45, 7) is 9.90. The molecule has 0 bridgehead atoms. The molecule has 0 aromatic carbocycles. The van der Waals surface area contributed by atoms with Crippen LogP contribution >= 0.6 is 0 Å². The molecule has 0 aliphatic rings. The predicted octanol–water partition coefficient (Wildman–Crippen LogP) is 2.72. The minimum absolute atomic E-state index is 0.495. The molecule has 0 aliphatic carbocycles. The molecule has 1 rings (SSSR count). The van der Waals surface area contributed by atoms with Crippen LogP contribution in [-0.2, 0) is 0 Å². The summed E-state index contributed by atoms with van der Waals surface area (Å²) in [5.41, 5.74) is 0. The molecule has 0 amide bonds. The average molecular weight is 181 g/mol. The van der Waals surface area contributed by atoms with Gasteiger partial charge in [-0.3, -0.25) is 0 Å². The molecule has 0 aliphatic heterocycles. The highest BCUT2D eigenvalue weighted by Gasteiger charge is 2.11. The van der Waals surface area contributed by atoms with E-state index in [1.165, 1.54) is 0 Å². The first kappa shape index (κ1) is 10.3. The Balaban J connectivity index is 2.45. The largest absolute Gasteiger partial charge is 0.469 e. The number of hydrogen-bond acceptors (Lipinski definition) is 2. The maximum atomic E-state index is 5.36. The van der Waals surface area contributed by atoms with E-state index in [0.29, 0.717) is 5.92 Å². The summed E-state index contributed by atoms with van der Waals surface area (Å²) in [6.07, 6.45) is 1.74. The summed E-state index contributed by atoms with van der Waals surface area (Å²) >= 11 is 0. The summed E-state index contributed by atoms with van der Waals surface area (Å²) in [5, 5.41) is 0. The van der Waals surface area contributed by atoms with E-state index in [-0.39, 0.29) is 0 Å². The van der Waals surface area contributed by atoms with Crippen LogP contribution in [0.2, 0.25) is 0 Å². The first-order valence-electron chi connectivity index (χ1n) is 5.03. The van der Waals surface area contributed by atoms with Gasteiger partial charge < -0.3 is 9.32 Å². The van der Waals surface area contributed by atoms with Gasteiger partial charge in [-0.05, 0) is 25.2 Å². The summed E-state index contributed by atoms with van der Waals surface area (Å²) in [5.74, 6) is 1.58. The second-order valence-corrected chi connectivity index (χ2v) is 3.40. The van der Waals surface area contributed by atoms with Gasteiger partial charge in [0.25, 0.3) is 0 Å². The van der Waals surface area contributed by atoms with Gasteiger partial charge in [-0.15, -0.1) is 0 Å². The van der Waals surface area contributed by atoms with Crippen LogP contribution in [0, 0.1) is 0 Å². The van der Waals surface area contributed by atoms with Crippen molar-refractivity contribution in [3.8, 4) is 0 Å². The van der Waals surface area contributed by atoms with Crippen molar-refractivity contribution in [2.24, 2.45) is 0 Å². The molecule has 0 saturated heterocycles. The topological polar surface area (TPSA) is 16.4 Å². The first-order chi connectivity index (χ1) is 6.27. The van der Waals surface area contributed by atoms with Crippen LogP contribution in [0.3, 0.4) is 0 Å². The van der Waals surface area contributed by atoms with Crippen LogP contribution in [0.4, 0.5) is 0 Å². The third-order valence-electron chi connectivity index (χ3n) is 2.46. The maximum absolute atomic E-state index is 5.36. The standard InChI is InChI=1S/C11H19NO/c1-4-12(5-2)9-10(3)11-7-6-8-13-11/h6-8,10H,4-5,9H2,1-3H3. The lowest BCUT2D eigenvalue weighted by Gasteiger charge is -2.21. The Morgan fingerprint density at radius 1 is 1.38 bits per heavy atom. The third kappa shape index (κ3) is 2.88. The molecule has 2 nitrogen and oxygen atoms in total. The third-order valence-corrected chi connectivity index (χ3v) is 2.46. The SMILES string of the molecule is CCN(CC)CC(C)c1ccco1. The van der Waals surface area contributed by atoms with E-state index >= 15 is 0 Å². The lowest BCUT2D eigenvalue weighted by molar-refractivity contribution is 0.275. The van der Waals surface area contributed by atoms with Gasteiger partial charge in [-0.1, -0.05) is 20.8 Å². The Morgan fingerprint density at radius 3 is 2.54 bits per heavy atom. The Kier molecular flexibility index (Phi) is 4.03. The van der Waals surface area contributed by atoms with E-state index in [4.69, 9.17) is 4.42 Å². The van der Waals surface area contributed by atoms with Crippen molar-refractivity contribution in [3.05, 3.63) is 24.2 Å². The molecule has 0 N–H and O–H groups in total. The molecule has 0 spiro atoms. The highest BCUT2D eigenvalue weighted by molar-refractivity contribution is 5.04. The number of hydrogen-bond donors (Lipinski definition) is 0. The summed E-state index contributed by atoms with van der Waals surface area (Å²) in [6, 6.07) is 4.00. The Bertz CT molecular complexity index is 214. The van der Waals surface area contributed by atoms with Gasteiger partial charge >= 0.3 is 0 Å². The highest BCUT2D eigenvalue weighted by atomic mass is 16.3. The van der Waals surface area contributed by atoms with Gasteiger partial charge in [0.2, 0.25) is 0 Å². The minimum atomic E-state index is 0.495. The fourth-order valence-corrected chi connectivity index (χ4v) is 1.53. The van der Waals surface area contributed by atoms with E-state index in [9.17, 15) is 0 Å². The average Bonchev–Trinajstić information content (AvgIpc) is 2.66. The van der Waals surface area contributed by atoms with Gasteiger partial charge in [0.15, 0.2) is 0 Å². The van der Waals surface area contributed by atoms with E-state index in [0.717, 1.165) is 25.4 Å². The monoisotopic (exact) mass is 181 g/mol. The summed E-state index contributed by atoms with van der Waals surface area (Å²) in [7, 11) is 0. The molecule has 2 heteroatoms. The molecule has 0 fully saturated rings. The zero-order chi connectivity index (χ0) is 9.68. The predicted molar refractivity (Wildman–Crippen MR) is 54.9 cm³/mol. The Hall–Kier alpha value is -0.760. The molecule has 1 atom stereocenters.